The van der Waals surface area contributed by atoms with Crippen molar-refractivity contribution in [2.24, 2.45) is 23.5 Å². The Morgan fingerprint density at radius 1 is 0.812 bits per heavy atom. The van der Waals surface area contributed by atoms with Gasteiger partial charge in [-0.15, -0.1) is 0 Å². The van der Waals surface area contributed by atoms with Gasteiger partial charge in [0, 0.05) is 0 Å². The summed E-state index contributed by atoms with van der Waals surface area (Å²) in [5, 5.41) is 17.4. The predicted molar refractivity (Wildman–Crippen MR) is 128 cm³/mol. The van der Waals surface area contributed by atoms with E-state index in [1.807, 2.05) is 34.0 Å². The maximum Gasteiger partial charge on any atom is 0.326 e. The lowest BCUT2D eigenvalue weighted by Crippen LogP contribution is -2.58. The van der Waals surface area contributed by atoms with Gasteiger partial charge >= 0.3 is 5.97 Å². The highest BCUT2D eigenvalue weighted by molar-refractivity contribution is 7.98. The molecule has 6 N–H and O–H groups in total. The summed E-state index contributed by atoms with van der Waals surface area (Å²) in [7, 11) is 0. The number of hydrogen-bond acceptors (Lipinski definition) is 6. The van der Waals surface area contributed by atoms with Crippen LogP contribution in [-0.2, 0) is 19.2 Å². The number of carboxylic acids is 1. The van der Waals surface area contributed by atoms with Crippen molar-refractivity contribution in [3.05, 3.63) is 0 Å². The Morgan fingerprint density at radius 2 is 1.31 bits per heavy atom. The summed E-state index contributed by atoms with van der Waals surface area (Å²) in [6, 6.07) is -3.54. The summed E-state index contributed by atoms with van der Waals surface area (Å²) >= 11 is 1.58. The number of thioether (sulfide) groups is 1. The summed E-state index contributed by atoms with van der Waals surface area (Å²) in [6.07, 6.45) is 3.02. The Balaban J connectivity index is 5.38. The minimum atomic E-state index is -1.12. The van der Waals surface area contributed by atoms with Gasteiger partial charge in [-0.1, -0.05) is 41.5 Å². The molecule has 186 valence electrons. The first kappa shape index (κ1) is 30.2. The lowest BCUT2D eigenvalue weighted by molar-refractivity contribution is -0.143. The number of hydrogen-bond donors (Lipinski definition) is 5. The third-order valence-corrected chi connectivity index (χ3v) is 5.52. The smallest absolute Gasteiger partial charge is 0.326 e. The van der Waals surface area contributed by atoms with Crippen molar-refractivity contribution in [3.63, 3.8) is 0 Å². The van der Waals surface area contributed by atoms with Crippen LogP contribution >= 0.6 is 11.8 Å². The highest BCUT2D eigenvalue weighted by Crippen LogP contribution is 2.11. The number of nitrogens with two attached hydrogens (primary N) is 1. The number of carbonyl (C=O) groups excluding carboxylic acids is 3. The molecule has 0 fully saturated rings. The molecular weight excluding hydrogens is 432 g/mol. The Labute approximate surface area is 196 Å². The molecule has 10 heteroatoms. The summed E-state index contributed by atoms with van der Waals surface area (Å²) in [4.78, 5) is 49.8. The monoisotopic (exact) mass is 474 g/mol. The molecule has 4 atom stereocenters. The average Bonchev–Trinajstić information content (AvgIpc) is 2.67. The van der Waals surface area contributed by atoms with Gasteiger partial charge in [-0.05, 0) is 49.0 Å². The lowest BCUT2D eigenvalue weighted by Gasteiger charge is -2.28. The number of carbonyl (C=O) groups is 4. The molecule has 0 saturated heterocycles. The second kappa shape index (κ2) is 15.1. The number of carboxylic acid groups (broad SMARTS) is 1. The van der Waals surface area contributed by atoms with E-state index in [4.69, 9.17) is 5.73 Å². The summed E-state index contributed by atoms with van der Waals surface area (Å²) in [5.41, 5.74) is 5.91. The van der Waals surface area contributed by atoms with Crippen molar-refractivity contribution >= 4 is 35.5 Å². The van der Waals surface area contributed by atoms with Crippen LogP contribution in [0, 0.1) is 17.8 Å². The molecule has 32 heavy (non-hydrogen) atoms. The quantitative estimate of drug-likeness (QED) is 0.240. The first-order valence-corrected chi connectivity index (χ1v) is 12.6. The van der Waals surface area contributed by atoms with E-state index in [1.54, 1.807) is 25.6 Å². The van der Waals surface area contributed by atoms with Gasteiger partial charge < -0.3 is 26.8 Å². The minimum absolute atomic E-state index is 0.0744. The topological polar surface area (TPSA) is 151 Å². The van der Waals surface area contributed by atoms with E-state index in [9.17, 15) is 24.3 Å². The molecular formula is C22H42N4O5S. The third kappa shape index (κ3) is 11.7. The Hall–Kier alpha value is -1.81. The van der Waals surface area contributed by atoms with Gasteiger partial charge in [-0.3, -0.25) is 14.4 Å². The average molecular weight is 475 g/mol. The van der Waals surface area contributed by atoms with E-state index in [1.165, 1.54) is 0 Å². The fraction of sp³-hybridized carbons (Fsp3) is 0.818. The third-order valence-electron chi connectivity index (χ3n) is 4.88. The first-order chi connectivity index (χ1) is 14.8. The van der Waals surface area contributed by atoms with Crippen molar-refractivity contribution in [1.82, 2.24) is 16.0 Å². The van der Waals surface area contributed by atoms with Crippen LogP contribution in [-0.4, -0.2) is 65.0 Å². The minimum Gasteiger partial charge on any atom is -0.480 e. The highest BCUT2D eigenvalue weighted by atomic mass is 32.2. The number of rotatable bonds is 15. The van der Waals surface area contributed by atoms with Gasteiger partial charge in [0.15, 0.2) is 0 Å². The van der Waals surface area contributed by atoms with Gasteiger partial charge in [0.25, 0.3) is 0 Å². The molecule has 0 saturated carbocycles. The molecule has 0 aliphatic rings. The van der Waals surface area contributed by atoms with Crippen molar-refractivity contribution in [1.29, 1.82) is 0 Å². The van der Waals surface area contributed by atoms with Crippen LogP contribution in [0.4, 0.5) is 0 Å². The molecule has 4 unspecified atom stereocenters. The van der Waals surface area contributed by atoms with E-state index in [0.717, 1.165) is 5.75 Å². The SMILES string of the molecule is CSCCC(N)C(=O)NC(C(=O)NC(CC(C)C)C(=O)NC(CC(C)C)C(=O)O)C(C)C. The van der Waals surface area contributed by atoms with Crippen molar-refractivity contribution in [3.8, 4) is 0 Å². The number of aliphatic carboxylic acids is 1. The molecule has 0 heterocycles. The first-order valence-electron chi connectivity index (χ1n) is 11.2. The Kier molecular flexibility index (Phi) is 14.2. The van der Waals surface area contributed by atoms with E-state index in [2.05, 4.69) is 16.0 Å². The standard InChI is InChI=1S/C22H42N4O5S/c1-12(2)10-16(20(28)25-17(22(30)31)11-13(3)4)24-21(29)18(14(5)6)26-19(27)15(23)8-9-32-7/h12-18H,8-11,23H2,1-7H3,(H,24,29)(H,25,28)(H,26,27)(H,30,31). The molecule has 0 radical (unpaired) electrons. The van der Waals surface area contributed by atoms with Crippen molar-refractivity contribution < 1.29 is 24.3 Å². The van der Waals surface area contributed by atoms with E-state index < -0.39 is 47.9 Å². The largest absolute Gasteiger partial charge is 0.480 e. The van der Waals surface area contributed by atoms with Gasteiger partial charge in [-0.25, -0.2) is 4.79 Å². The zero-order valence-electron chi connectivity index (χ0n) is 20.4. The maximum atomic E-state index is 13.0. The van der Waals surface area contributed by atoms with Crippen LogP contribution < -0.4 is 21.7 Å². The Bertz CT molecular complexity index is 627. The van der Waals surface area contributed by atoms with E-state index >= 15 is 0 Å². The fourth-order valence-corrected chi connectivity index (χ4v) is 3.59. The zero-order valence-corrected chi connectivity index (χ0v) is 21.3. The van der Waals surface area contributed by atoms with Crippen LogP contribution in [0.2, 0.25) is 0 Å². The fourth-order valence-electron chi connectivity index (χ4n) is 3.10. The molecule has 0 aliphatic carbocycles. The van der Waals surface area contributed by atoms with E-state index in [0.29, 0.717) is 12.8 Å². The normalized spacial score (nSPS) is 15.2. The van der Waals surface area contributed by atoms with Crippen molar-refractivity contribution in [2.75, 3.05) is 12.0 Å². The number of amides is 3. The molecule has 0 aromatic rings. The van der Waals surface area contributed by atoms with Gasteiger partial charge in [0.2, 0.25) is 17.7 Å². The lowest BCUT2D eigenvalue weighted by atomic mass is 9.98. The van der Waals surface area contributed by atoms with E-state index in [-0.39, 0.29) is 24.2 Å². The summed E-state index contributed by atoms with van der Waals surface area (Å²) in [5.74, 6) is -1.94. The molecule has 0 aromatic heterocycles. The van der Waals surface area contributed by atoms with Crippen LogP contribution in [0.25, 0.3) is 0 Å². The van der Waals surface area contributed by atoms with Crippen LogP contribution in [0.3, 0.4) is 0 Å². The molecule has 3 amide bonds. The van der Waals surface area contributed by atoms with Crippen LogP contribution in [0.15, 0.2) is 0 Å². The molecule has 0 aliphatic heterocycles. The zero-order chi connectivity index (χ0) is 25.0. The molecule has 9 nitrogen and oxygen atoms in total. The summed E-state index contributed by atoms with van der Waals surface area (Å²) in [6.45, 7) is 11.1. The molecule has 0 aromatic carbocycles. The van der Waals surface area contributed by atoms with Gasteiger partial charge in [-0.2, -0.15) is 11.8 Å². The second-order valence-electron chi connectivity index (χ2n) is 9.34. The Morgan fingerprint density at radius 3 is 1.75 bits per heavy atom. The second-order valence-corrected chi connectivity index (χ2v) is 10.3. The molecule has 0 spiro atoms. The predicted octanol–water partition coefficient (Wildman–Crippen LogP) is 1.35. The summed E-state index contributed by atoms with van der Waals surface area (Å²) < 4.78 is 0. The number of nitrogens with one attached hydrogen (secondary N) is 3. The van der Waals surface area contributed by atoms with Crippen LogP contribution in [0.1, 0.15) is 60.8 Å². The van der Waals surface area contributed by atoms with Crippen LogP contribution in [0.5, 0.6) is 0 Å². The van der Waals surface area contributed by atoms with Gasteiger partial charge in [0.05, 0.1) is 6.04 Å². The molecule has 0 bridgehead atoms. The highest BCUT2D eigenvalue weighted by Gasteiger charge is 2.32. The van der Waals surface area contributed by atoms with Gasteiger partial charge in [0.1, 0.15) is 18.1 Å². The maximum absolute atomic E-state index is 13.0. The van der Waals surface area contributed by atoms with Crippen molar-refractivity contribution in [2.45, 2.75) is 85.0 Å². The molecule has 0 rings (SSSR count).